The van der Waals surface area contributed by atoms with Crippen LogP contribution in [0, 0.1) is 0 Å². The van der Waals surface area contributed by atoms with Crippen molar-refractivity contribution in [2.24, 2.45) is 0 Å². The highest BCUT2D eigenvalue weighted by Gasteiger charge is 2.17. The van der Waals surface area contributed by atoms with Crippen LogP contribution in [0.1, 0.15) is 28.5 Å². The number of alkyl halides is 2. The van der Waals surface area contributed by atoms with Gasteiger partial charge in [0.15, 0.2) is 0 Å². The molecule has 2 aromatic carbocycles. The molecule has 0 aliphatic rings. The Labute approximate surface area is 155 Å². The van der Waals surface area contributed by atoms with E-state index in [0.29, 0.717) is 24.2 Å². The fourth-order valence-corrected chi connectivity index (χ4v) is 2.81. The molecule has 3 rings (SSSR count). The highest BCUT2D eigenvalue weighted by molar-refractivity contribution is 6.05. The molecule has 0 saturated heterocycles. The molecule has 0 aliphatic heterocycles. The molecular weight excluding hydrogens is 352 g/mol. The van der Waals surface area contributed by atoms with Crippen LogP contribution in [0.4, 0.5) is 14.5 Å². The zero-order valence-electron chi connectivity index (χ0n) is 14.7. The smallest absolute Gasteiger partial charge is 0.387 e. The third-order valence-electron chi connectivity index (χ3n) is 4.02. The van der Waals surface area contributed by atoms with Crippen LogP contribution in [-0.4, -0.2) is 22.3 Å². The molecule has 7 heteroatoms. The molecule has 0 fully saturated rings. The summed E-state index contributed by atoms with van der Waals surface area (Å²) in [6.45, 7) is -0.402. The van der Waals surface area contributed by atoms with Gasteiger partial charge in [0.05, 0.1) is 24.0 Å². The molecule has 1 N–H and O–H groups in total. The summed E-state index contributed by atoms with van der Waals surface area (Å²) in [5.41, 5.74) is 2.71. The van der Waals surface area contributed by atoms with Gasteiger partial charge in [-0.25, -0.2) is 0 Å². The predicted octanol–water partition coefficient (Wildman–Crippen LogP) is 4.35. The number of amides is 1. The minimum atomic E-state index is -2.92. The molecule has 0 unspecified atom stereocenters. The first-order chi connectivity index (χ1) is 13.1. The van der Waals surface area contributed by atoms with Crippen LogP contribution >= 0.6 is 0 Å². The standard InChI is InChI=1S/C20H19F2N3O2/c1-2-18-17(12-23-25(18)13-14-7-4-3-5-8-14)19(26)24-15-9-6-10-16(11-15)27-20(21)22/h3-12,20H,2,13H2,1H3,(H,24,26). The quantitative estimate of drug-likeness (QED) is 0.672. The molecule has 0 spiro atoms. The summed E-state index contributed by atoms with van der Waals surface area (Å²) in [5.74, 6) is -0.362. The summed E-state index contributed by atoms with van der Waals surface area (Å²) in [6, 6.07) is 15.7. The number of nitrogens with one attached hydrogen (secondary N) is 1. The Bertz CT molecular complexity index is 911. The average Bonchev–Trinajstić information content (AvgIpc) is 3.05. The maximum Gasteiger partial charge on any atom is 0.387 e. The van der Waals surface area contributed by atoms with Crippen molar-refractivity contribution in [3.8, 4) is 5.75 Å². The lowest BCUT2D eigenvalue weighted by molar-refractivity contribution is -0.0497. The van der Waals surface area contributed by atoms with E-state index >= 15 is 0 Å². The zero-order valence-corrected chi connectivity index (χ0v) is 14.7. The Morgan fingerprint density at radius 3 is 2.67 bits per heavy atom. The molecular formula is C20H19F2N3O2. The molecule has 0 saturated carbocycles. The van der Waals surface area contributed by atoms with Gasteiger partial charge in [0.1, 0.15) is 5.75 Å². The normalized spacial score (nSPS) is 10.8. The van der Waals surface area contributed by atoms with Crippen LogP contribution in [0.5, 0.6) is 5.75 Å². The molecule has 0 aliphatic carbocycles. The van der Waals surface area contributed by atoms with Crippen molar-refractivity contribution in [2.45, 2.75) is 26.5 Å². The molecule has 1 amide bonds. The van der Waals surface area contributed by atoms with E-state index in [1.807, 2.05) is 37.3 Å². The molecule has 0 bridgehead atoms. The first kappa shape index (κ1) is 18.6. The van der Waals surface area contributed by atoms with Crippen molar-refractivity contribution in [2.75, 3.05) is 5.32 Å². The Morgan fingerprint density at radius 1 is 1.19 bits per heavy atom. The highest BCUT2D eigenvalue weighted by Crippen LogP contribution is 2.21. The number of halogens is 2. The third kappa shape index (κ3) is 4.69. The van der Waals surface area contributed by atoms with E-state index in [0.717, 1.165) is 11.3 Å². The highest BCUT2D eigenvalue weighted by atomic mass is 19.3. The molecule has 140 valence electrons. The molecule has 5 nitrogen and oxygen atoms in total. The topological polar surface area (TPSA) is 56.1 Å². The van der Waals surface area contributed by atoms with Gasteiger partial charge in [-0.15, -0.1) is 0 Å². The van der Waals surface area contributed by atoms with Gasteiger partial charge in [0.25, 0.3) is 5.91 Å². The molecule has 1 aromatic heterocycles. The van der Waals surface area contributed by atoms with E-state index < -0.39 is 6.61 Å². The van der Waals surface area contributed by atoms with Crippen LogP contribution in [0.2, 0.25) is 0 Å². The Kier molecular flexibility index (Phi) is 5.80. The van der Waals surface area contributed by atoms with E-state index in [-0.39, 0.29) is 11.7 Å². The van der Waals surface area contributed by atoms with Crippen LogP contribution in [0.15, 0.2) is 60.8 Å². The number of carbonyl (C=O) groups is 1. The Balaban J connectivity index is 1.77. The number of hydrogen-bond donors (Lipinski definition) is 1. The largest absolute Gasteiger partial charge is 0.435 e. The lowest BCUT2D eigenvalue weighted by Crippen LogP contribution is -2.15. The van der Waals surface area contributed by atoms with Crippen LogP contribution in [-0.2, 0) is 13.0 Å². The zero-order chi connectivity index (χ0) is 19.2. The maximum atomic E-state index is 12.6. The van der Waals surface area contributed by atoms with Crippen LogP contribution in [0.3, 0.4) is 0 Å². The molecule has 1 heterocycles. The molecule has 0 radical (unpaired) electrons. The van der Waals surface area contributed by atoms with Crippen molar-refractivity contribution in [3.05, 3.63) is 77.6 Å². The average molecular weight is 371 g/mol. The second kappa shape index (κ2) is 8.44. The van der Waals surface area contributed by atoms with Gasteiger partial charge in [-0.1, -0.05) is 43.3 Å². The first-order valence-corrected chi connectivity index (χ1v) is 8.51. The SMILES string of the molecule is CCc1c(C(=O)Nc2cccc(OC(F)F)c2)cnn1Cc1ccccc1. The number of anilines is 1. The fourth-order valence-electron chi connectivity index (χ4n) is 2.81. The molecule has 27 heavy (non-hydrogen) atoms. The van der Waals surface area contributed by atoms with Gasteiger partial charge in [-0.3, -0.25) is 9.48 Å². The number of benzene rings is 2. The number of aromatic nitrogens is 2. The summed E-state index contributed by atoms with van der Waals surface area (Å²) in [7, 11) is 0. The van der Waals surface area contributed by atoms with E-state index in [4.69, 9.17) is 0 Å². The number of nitrogens with zero attached hydrogens (tertiary/aromatic N) is 2. The number of hydrogen-bond acceptors (Lipinski definition) is 3. The van der Waals surface area contributed by atoms with E-state index in [2.05, 4.69) is 15.2 Å². The number of ether oxygens (including phenoxy) is 1. The van der Waals surface area contributed by atoms with Crippen molar-refractivity contribution < 1.29 is 18.3 Å². The predicted molar refractivity (Wildman–Crippen MR) is 98.2 cm³/mol. The lowest BCUT2D eigenvalue weighted by Gasteiger charge is -2.10. The Hall–Kier alpha value is -3.22. The Morgan fingerprint density at radius 2 is 1.96 bits per heavy atom. The van der Waals surface area contributed by atoms with Crippen molar-refractivity contribution in [3.63, 3.8) is 0 Å². The second-order valence-corrected chi connectivity index (χ2v) is 5.86. The van der Waals surface area contributed by atoms with Crippen molar-refractivity contribution >= 4 is 11.6 Å². The van der Waals surface area contributed by atoms with Gasteiger partial charge in [0.2, 0.25) is 0 Å². The number of carbonyl (C=O) groups excluding carboxylic acids is 1. The van der Waals surface area contributed by atoms with Crippen LogP contribution < -0.4 is 10.1 Å². The third-order valence-corrected chi connectivity index (χ3v) is 4.02. The lowest BCUT2D eigenvalue weighted by atomic mass is 10.1. The van der Waals surface area contributed by atoms with E-state index in [1.165, 1.54) is 24.4 Å². The van der Waals surface area contributed by atoms with Crippen LogP contribution in [0.25, 0.3) is 0 Å². The van der Waals surface area contributed by atoms with Crippen molar-refractivity contribution in [1.29, 1.82) is 0 Å². The summed E-state index contributed by atoms with van der Waals surface area (Å²) in [5, 5.41) is 7.04. The summed E-state index contributed by atoms with van der Waals surface area (Å²) >= 11 is 0. The van der Waals surface area contributed by atoms with E-state index in [1.54, 1.807) is 10.7 Å². The van der Waals surface area contributed by atoms with Gasteiger partial charge in [-0.05, 0) is 24.1 Å². The first-order valence-electron chi connectivity index (χ1n) is 8.51. The minimum Gasteiger partial charge on any atom is -0.435 e. The number of rotatable bonds is 7. The maximum absolute atomic E-state index is 12.6. The fraction of sp³-hybridized carbons (Fsp3) is 0.200. The van der Waals surface area contributed by atoms with Gasteiger partial charge in [-0.2, -0.15) is 13.9 Å². The molecule has 3 aromatic rings. The van der Waals surface area contributed by atoms with Gasteiger partial charge >= 0.3 is 6.61 Å². The minimum absolute atomic E-state index is 0.0155. The monoisotopic (exact) mass is 371 g/mol. The summed E-state index contributed by atoms with van der Waals surface area (Å²) < 4.78 is 30.8. The summed E-state index contributed by atoms with van der Waals surface area (Å²) in [6.07, 6.45) is 2.15. The second-order valence-electron chi connectivity index (χ2n) is 5.86. The van der Waals surface area contributed by atoms with E-state index in [9.17, 15) is 13.6 Å². The molecule has 0 atom stereocenters. The van der Waals surface area contributed by atoms with Gasteiger partial charge < -0.3 is 10.1 Å². The van der Waals surface area contributed by atoms with Crippen molar-refractivity contribution in [1.82, 2.24) is 9.78 Å². The van der Waals surface area contributed by atoms with Gasteiger partial charge in [0, 0.05) is 11.8 Å². The summed E-state index contributed by atoms with van der Waals surface area (Å²) in [4.78, 5) is 12.6.